The molecule has 2 saturated carbocycles. The van der Waals surface area contributed by atoms with Crippen molar-refractivity contribution in [2.75, 3.05) is 5.32 Å². The molecule has 6 atom stereocenters. The number of rotatable bonds is 5. The molecule has 0 radical (unpaired) electrons. The first kappa shape index (κ1) is 18.0. The summed E-state index contributed by atoms with van der Waals surface area (Å²) in [7, 11) is 0. The first-order chi connectivity index (χ1) is 14.0. The zero-order valence-electron chi connectivity index (χ0n) is 16.1. The van der Waals surface area contributed by atoms with Crippen molar-refractivity contribution in [2.45, 2.75) is 13.3 Å². The fourth-order valence-electron chi connectivity index (χ4n) is 5.14. The second-order valence-corrected chi connectivity index (χ2v) is 8.42. The van der Waals surface area contributed by atoms with Crippen molar-refractivity contribution < 1.29 is 19.4 Å². The molecule has 29 heavy (non-hydrogen) atoms. The van der Waals surface area contributed by atoms with E-state index >= 15 is 0 Å². The molecule has 0 aromatic heterocycles. The van der Waals surface area contributed by atoms with E-state index in [0.717, 1.165) is 12.2 Å². The number of benzene rings is 2. The predicted octanol–water partition coefficient (Wildman–Crippen LogP) is 4.49. The third-order valence-electron chi connectivity index (χ3n) is 6.62. The van der Waals surface area contributed by atoms with E-state index in [4.69, 9.17) is 4.74 Å². The number of aliphatic carboxylic acids is 1. The summed E-state index contributed by atoms with van der Waals surface area (Å²) in [6, 6.07) is 15.0. The molecule has 2 N–H and O–H groups in total. The van der Waals surface area contributed by atoms with E-state index in [1.165, 1.54) is 5.56 Å². The minimum atomic E-state index is -0.864. The average Bonchev–Trinajstić information content (AvgIpc) is 3.53. The third-order valence-corrected chi connectivity index (χ3v) is 6.62. The zero-order chi connectivity index (χ0) is 20.1. The van der Waals surface area contributed by atoms with Gasteiger partial charge in [0, 0.05) is 5.69 Å². The summed E-state index contributed by atoms with van der Waals surface area (Å²) in [5, 5.41) is 12.7. The molecule has 0 aliphatic heterocycles. The largest absolute Gasteiger partial charge is 0.481 e. The molecule has 5 heteroatoms. The quantitative estimate of drug-likeness (QED) is 0.739. The monoisotopic (exact) mass is 389 g/mol. The number of hydrogen-bond acceptors (Lipinski definition) is 3. The van der Waals surface area contributed by atoms with Gasteiger partial charge in [0.2, 0.25) is 5.91 Å². The summed E-state index contributed by atoms with van der Waals surface area (Å²) < 4.78 is 5.82. The molecule has 2 aromatic carbocycles. The molecule has 6 rings (SSSR count). The van der Waals surface area contributed by atoms with Crippen LogP contribution < -0.4 is 10.1 Å². The van der Waals surface area contributed by atoms with Crippen LogP contribution in [0.2, 0.25) is 0 Å². The van der Waals surface area contributed by atoms with Crippen LogP contribution in [-0.2, 0) is 9.59 Å². The highest BCUT2D eigenvalue weighted by atomic mass is 16.5. The standard InChI is InChI=1S/C24H23NO4/c1-13-2-6-15(7-3-13)29-16-8-4-14(5-9-16)25-23(26)21-17-10-11-18(20-12-19(17)20)22(21)24(27)28/h2-11,17-22H,12H2,1H3,(H,25,26)(H,27,28)/t17-,18-,19-,20-,21-,22+/m1/s1. The SMILES string of the molecule is Cc1ccc(Oc2ccc(NC(=O)[C@@H]3[C@@H]4C=C[C@H]([C@H]5C[C@H]45)[C@@H]3C(=O)O)cc2)cc1. The number of ether oxygens (including phenoxy) is 1. The lowest BCUT2D eigenvalue weighted by Gasteiger charge is -2.41. The second-order valence-electron chi connectivity index (χ2n) is 8.42. The Kier molecular flexibility index (Phi) is 4.19. The van der Waals surface area contributed by atoms with Gasteiger partial charge >= 0.3 is 5.97 Å². The summed E-state index contributed by atoms with van der Waals surface area (Å²) in [4.78, 5) is 24.9. The van der Waals surface area contributed by atoms with E-state index in [1.807, 2.05) is 37.3 Å². The molecule has 2 bridgehead atoms. The molecule has 5 nitrogen and oxygen atoms in total. The molecule has 4 aliphatic rings. The number of aryl methyl sites for hydroxylation is 1. The van der Waals surface area contributed by atoms with Crippen molar-refractivity contribution in [1.82, 2.24) is 0 Å². The van der Waals surface area contributed by atoms with Gasteiger partial charge < -0.3 is 15.2 Å². The summed E-state index contributed by atoms with van der Waals surface area (Å²) in [6.07, 6.45) is 5.14. The summed E-state index contributed by atoms with van der Waals surface area (Å²) in [5.41, 5.74) is 1.81. The molecule has 1 amide bonds. The Hall–Kier alpha value is -3.08. The number of carbonyl (C=O) groups is 2. The van der Waals surface area contributed by atoms with Gasteiger partial charge in [0.15, 0.2) is 0 Å². The van der Waals surface area contributed by atoms with Crippen LogP contribution in [-0.4, -0.2) is 17.0 Å². The fraction of sp³-hybridized carbons (Fsp3) is 0.333. The Morgan fingerprint density at radius 2 is 1.45 bits per heavy atom. The van der Waals surface area contributed by atoms with Crippen LogP contribution in [0, 0.1) is 42.4 Å². The predicted molar refractivity (Wildman–Crippen MR) is 109 cm³/mol. The number of hydrogen-bond donors (Lipinski definition) is 2. The van der Waals surface area contributed by atoms with Crippen LogP contribution >= 0.6 is 0 Å². The molecule has 0 spiro atoms. The lowest BCUT2D eigenvalue weighted by Crippen LogP contribution is -2.48. The van der Waals surface area contributed by atoms with Crippen molar-refractivity contribution in [2.24, 2.45) is 35.5 Å². The number of nitrogens with one attached hydrogen (secondary N) is 1. The molecule has 2 fully saturated rings. The number of anilines is 1. The normalized spacial score (nSPS) is 31.1. The summed E-state index contributed by atoms with van der Waals surface area (Å²) >= 11 is 0. The Balaban J connectivity index is 1.29. The van der Waals surface area contributed by atoms with Gasteiger partial charge in [0.05, 0.1) is 11.8 Å². The molecule has 0 saturated heterocycles. The van der Waals surface area contributed by atoms with Gasteiger partial charge in [-0.25, -0.2) is 0 Å². The van der Waals surface area contributed by atoms with Crippen molar-refractivity contribution in [1.29, 1.82) is 0 Å². The van der Waals surface area contributed by atoms with E-state index in [1.54, 1.807) is 24.3 Å². The van der Waals surface area contributed by atoms with Gasteiger partial charge in [0.25, 0.3) is 0 Å². The van der Waals surface area contributed by atoms with E-state index in [-0.39, 0.29) is 17.7 Å². The van der Waals surface area contributed by atoms with Crippen molar-refractivity contribution in [3.05, 3.63) is 66.2 Å². The maximum Gasteiger partial charge on any atom is 0.307 e. The van der Waals surface area contributed by atoms with Gasteiger partial charge in [-0.3, -0.25) is 9.59 Å². The number of carboxylic acids is 1. The Bertz CT molecular complexity index is 979. The number of carbonyl (C=O) groups excluding carboxylic acids is 1. The summed E-state index contributed by atoms with van der Waals surface area (Å²) in [6.45, 7) is 2.02. The Morgan fingerprint density at radius 1 is 0.897 bits per heavy atom. The van der Waals surface area contributed by atoms with E-state index in [9.17, 15) is 14.7 Å². The van der Waals surface area contributed by atoms with E-state index in [0.29, 0.717) is 23.3 Å². The molecule has 0 unspecified atom stereocenters. The molecule has 2 aromatic rings. The molecule has 4 aliphatic carbocycles. The molecule has 0 heterocycles. The van der Waals surface area contributed by atoms with E-state index in [2.05, 4.69) is 11.4 Å². The average molecular weight is 389 g/mol. The molecular weight excluding hydrogens is 366 g/mol. The maximum absolute atomic E-state index is 13.0. The van der Waals surface area contributed by atoms with Crippen molar-refractivity contribution >= 4 is 17.6 Å². The van der Waals surface area contributed by atoms with Gasteiger partial charge in [0.1, 0.15) is 11.5 Å². The fourth-order valence-corrected chi connectivity index (χ4v) is 5.14. The van der Waals surface area contributed by atoms with Crippen LogP contribution in [0.15, 0.2) is 60.7 Å². The Labute approximate surface area is 169 Å². The van der Waals surface area contributed by atoms with Crippen LogP contribution in [0.5, 0.6) is 11.5 Å². The van der Waals surface area contributed by atoms with Gasteiger partial charge in [-0.15, -0.1) is 0 Å². The number of amides is 1. The smallest absolute Gasteiger partial charge is 0.307 e. The minimum absolute atomic E-state index is 0.0106. The first-order valence-electron chi connectivity index (χ1n) is 10.1. The highest BCUT2D eigenvalue weighted by Gasteiger charge is 2.62. The van der Waals surface area contributed by atoms with Gasteiger partial charge in [-0.05, 0) is 73.4 Å². The van der Waals surface area contributed by atoms with Crippen LogP contribution in [0.25, 0.3) is 0 Å². The maximum atomic E-state index is 13.0. The van der Waals surface area contributed by atoms with Gasteiger partial charge in [-0.2, -0.15) is 0 Å². The van der Waals surface area contributed by atoms with Crippen LogP contribution in [0.4, 0.5) is 5.69 Å². The topological polar surface area (TPSA) is 75.6 Å². The number of carboxylic acid groups (broad SMARTS) is 1. The van der Waals surface area contributed by atoms with Crippen molar-refractivity contribution in [3.63, 3.8) is 0 Å². The number of allylic oxidation sites excluding steroid dienone is 2. The Morgan fingerprint density at radius 3 is 2.03 bits per heavy atom. The highest BCUT2D eigenvalue weighted by Crippen LogP contribution is 2.63. The van der Waals surface area contributed by atoms with E-state index < -0.39 is 17.8 Å². The lowest BCUT2D eigenvalue weighted by molar-refractivity contribution is -0.152. The van der Waals surface area contributed by atoms with Crippen molar-refractivity contribution in [3.8, 4) is 11.5 Å². The highest BCUT2D eigenvalue weighted by molar-refractivity contribution is 5.96. The second kappa shape index (κ2) is 6.76. The van der Waals surface area contributed by atoms with Gasteiger partial charge in [-0.1, -0.05) is 29.8 Å². The summed E-state index contributed by atoms with van der Waals surface area (Å²) in [5.74, 6) is 0.184. The lowest BCUT2D eigenvalue weighted by atomic mass is 9.62. The minimum Gasteiger partial charge on any atom is -0.481 e. The third kappa shape index (κ3) is 3.20. The molecular formula is C24H23NO4. The molecule has 148 valence electrons. The first-order valence-corrected chi connectivity index (χ1v) is 10.1. The van der Waals surface area contributed by atoms with Crippen LogP contribution in [0.3, 0.4) is 0 Å². The zero-order valence-corrected chi connectivity index (χ0v) is 16.1. The number of fused-ring (bicyclic) bond motifs is 1. The van der Waals surface area contributed by atoms with Crippen LogP contribution in [0.1, 0.15) is 12.0 Å².